The molecule has 0 heterocycles. The van der Waals surface area contributed by atoms with E-state index in [1.807, 2.05) is 13.8 Å². The van der Waals surface area contributed by atoms with Crippen LogP contribution in [0, 0.1) is 5.41 Å². The zero-order chi connectivity index (χ0) is 15.4. The minimum absolute atomic E-state index is 0. The van der Waals surface area contributed by atoms with E-state index in [0.29, 0.717) is 18.5 Å². The van der Waals surface area contributed by atoms with E-state index in [-0.39, 0.29) is 29.8 Å². The number of nitrogens with two attached hydrogens (primary N) is 2. The second kappa shape index (κ2) is 7.74. The molecule has 0 saturated heterocycles. The van der Waals surface area contributed by atoms with Crippen molar-refractivity contribution in [1.82, 2.24) is 0 Å². The SMILES string of the molecule is CCC(CC)(CN)C(=O)Nc1cccc(S(N)(=O)=O)c1.Cl. The van der Waals surface area contributed by atoms with Crippen LogP contribution >= 0.6 is 12.4 Å². The first-order valence-electron chi connectivity index (χ1n) is 6.43. The number of carbonyl (C=O) groups is 1. The maximum absolute atomic E-state index is 12.3. The van der Waals surface area contributed by atoms with Crippen molar-refractivity contribution in [3.63, 3.8) is 0 Å². The van der Waals surface area contributed by atoms with Crippen LogP contribution in [0.3, 0.4) is 0 Å². The second-order valence-electron chi connectivity index (χ2n) is 4.72. The second-order valence-corrected chi connectivity index (χ2v) is 6.28. The average molecular weight is 336 g/mol. The summed E-state index contributed by atoms with van der Waals surface area (Å²) in [5.74, 6) is -0.212. The first-order chi connectivity index (χ1) is 9.29. The van der Waals surface area contributed by atoms with Gasteiger partial charge in [-0.05, 0) is 31.0 Å². The Kier molecular flexibility index (Phi) is 7.32. The largest absolute Gasteiger partial charge is 0.329 e. The van der Waals surface area contributed by atoms with Crippen molar-refractivity contribution < 1.29 is 13.2 Å². The van der Waals surface area contributed by atoms with Crippen LogP contribution in [0.5, 0.6) is 0 Å². The number of hydrogen-bond donors (Lipinski definition) is 3. The Morgan fingerprint density at radius 1 is 1.29 bits per heavy atom. The standard InChI is InChI=1S/C13H21N3O3S.ClH/c1-3-13(4-2,9-14)12(17)16-10-6-5-7-11(8-10)20(15,18)19;/h5-8H,3-4,9,14H2,1-2H3,(H,16,17)(H2,15,18,19);1H. The maximum atomic E-state index is 12.3. The van der Waals surface area contributed by atoms with Gasteiger partial charge in [0.05, 0.1) is 10.3 Å². The molecule has 0 unspecified atom stereocenters. The van der Waals surface area contributed by atoms with Gasteiger partial charge in [0.2, 0.25) is 15.9 Å². The number of halogens is 1. The summed E-state index contributed by atoms with van der Waals surface area (Å²) in [6, 6.07) is 5.84. The average Bonchev–Trinajstić information content (AvgIpc) is 2.41. The third kappa shape index (κ3) is 4.67. The Morgan fingerprint density at radius 3 is 2.29 bits per heavy atom. The van der Waals surface area contributed by atoms with Crippen molar-refractivity contribution >= 4 is 34.0 Å². The molecule has 0 aliphatic carbocycles. The van der Waals surface area contributed by atoms with E-state index in [0.717, 1.165) is 0 Å². The number of rotatable bonds is 6. The predicted octanol–water partition coefficient (Wildman–Crippen LogP) is 1.46. The molecule has 5 N–H and O–H groups in total. The van der Waals surface area contributed by atoms with Gasteiger partial charge in [0, 0.05) is 12.2 Å². The van der Waals surface area contributed by atoms with Crippen LogP contribution in [-0.4, -0.2) is 20.9 Å². The van der Waals surface area contributed by atoms with E-state index in [2.05, 4.69) is 5.32 Å². The quantitative estimate of drug-likeness (QED) is 0.729. The third-order valence-corrected chi connectivity index (χ3v) is 4.56. The minimum atomic E-state index is -3.79. The highest BCUT2D eigenvalue weighted by Gasteiger charge is 2.33. The first-order valence-corrected chi connectivity index (χ1v) is 7.98. The summed E-state index contributed by atoms with van der Waals surface area (Å²) in [6.45, 7) is 4.04. The predicted molar refractivity (Wildman–Crippen MR) is 85.8 cm³/mol. The molecule has 1 aromatic rings. The molecule has 6 nitrogen and oxygen atoms in total. The van der Waals surface area contributed by atoms with Crippen LogP contribution in [0.15, 0.2) is 29.2 Å². The molecule has 8 heteroatoms. The fourth-order valence-electron chi connectivity index (χ4n) is 1.97. The van der Waals surface area contributed by atoms with E-state index >= 15 is 0 Å². The van der Waals surface area contributed by atoms with Crippen LogP contribution in [0.2, 0.25) is 0 Å². The molecule has 0 spiro atoms. The van der Waals surface area contributed by atoms with Crippen molar-refractivity contribution in [3.05, 3.63) is 24.3 Å². The Balaban J connectivity index is 0.00000400. The van der Waals surface area contributed by atoms with Crippen LogP contribution in [0.25, 0.3) is 0 Å². The molecular formula is C13H22ClN3O3S. The summed E-state index contributed by atoms with van der Waals surface area (Å²) >= 11 is 0. The van der Waals surface area contributed by atoms with Crippen molar-refractivity contribution in [3.8, 4) is 0 Å². The molecule has 0 aliphatic rings. The van der Waals surface area contributed by atoms with Crippen molar-refractivity contribution in [2.24, 2.45) is 16.3 Å². The highest BCUT2D eigenvalue weighted by molar-refractivity contribution is 7.89. The van der Waals surface area contributed by atoms with Crippen LogP contribution in [-0.2, 0) is 14.8 Å². The zero-order valence-electron chi connectivity index (χ0n) is 12.1. The first kappa shape index (κ1) is 19.9. The molecule has 0 aliphatic heterocycles. The van der Waals surface area contributed by atoms with Gasteiger partial charge in [-0.15, -0.1) is 12.4 Å². The van der Waals surface area contributed by atoms with Gasteiger partial charge >= 0.3 is 0 Å². The van der Waals surface area contributed by atoms with E-state index < -0.39 is 15.4 Å². The normalized spacial score (nSPS) is 11.6. The van der Waals surface area contributed by atoms with Crippen molar-refractivity contribution in [2.45, 2.75) is 31.6 Å². The molecule has 1 rings (SSSR count). The van der Waals surface area contributed by atoms with Gasteiger partial charge in [-0.3, -0.25) is 4.79 Å². The van der Waals surface area contributed by atoms with Crippen LogP contribution in [0.4, 0.5) is 5.69 Å². The van der Waals surface area contributed by atoms with Crippen molar-refractivity contribution in [2.75, 3.05) is 11.9 Å². The summed E-state index contributed by atoms with van der Waals surface area (Å²) in [5, 5.41) is 7.77. The Morgan fingerprint density at radius 2 is 1.86 bits per heavy atom. The summed E-state index contributed by atoms with van der Waals surface area (Å²) in [6.07, 6.45) is 1.22. The van der Waals surface area contributed by atoms with E-state index in [1.54, 1.807) is 6.07 Å². The topological polar surface area (TPSA) is 115 Å². The Hall–Kier alpha value is -1.15. The number of carbonyl (C=O) groups excluding carboxylic acids is 1. The molecule has 1 aromatic carbocycles. The fraction of sp³-hybridized carbons (Fsp3) is 0.462. The lowest BCUT2D eigenvalue weighted by Gasteiger charge is -2.28. The minimum Gasteiger partial charge on any atom is -0.329 e. The van der Waals surface area contributed by atoms with Crippen LogP contribution in [0.1, 0.15) is 26.7 Å². The summed E-state index contributed by atoms with van der Waals surface area (Å²) in [4.78, 5) is 12.3. The molecule has 0 atom stereocenters. The van der Waals surface area contributed by atoms with Gasteiger partial charge in [0.25, 0.3) is 0 Å². The number of hydrogen-bond acceptors (Lipinski definition) is 4. The lowest BCUT2D eigenvalue weighted by atomic mass is 9.81. The summed E-state index contributed by atoms with van der Waals surface area (Å²) in [5.41, 5.74) is 5.45. The molecule has 21 heavy (non-hydrogen) atoms. The number of amides is 1. The van der Waals surface area contributed by atoms with E-state index in [4.69, 9.17) is 10.9 Å². The monoisotopic (exact) mass is 335 g/mol. The van der Waals surface area contributed by atoms with E-state index in [9.17, 15) is 13.2 Å². The smallest absolute Gasteiger partial charge is 0.238 e. The highest BCUT2D eigenvalue weighted by atomic mass is 35.5. The fourth-order valence-corrected chi connectivity index (χ4v) is 2.53. The third-order valence-electron chi connectivity index (χ3n) is 3.65. The summed E-state index contributed by atoms with van der Waals surface area (Å²) in [7, 11) is -3.79. The van der Waals surface area contributed by atoms with Gasteiger partial charge in [0.1, 0.15) is 0 Å². The van der Waals surface area contributed by atoms with Gasteiger partial charge in [-0.1, -0.05) is 19.9 Å². The van der Waals surface area contributed by atoms with Gasteiger partial charge in [0.15, 0.2) is 0 Å². The molecule has 0 bridgehead atoms. The lowest BCUT2D eigenvalue weighted by molar-refractivity contribution is -0.125. The molecule has 0 aromatic heterocycles. The Bertz CT molecular complexity index is 578. The number of nitrogens with one attached hydrogen (secondary N) is 1. The van der Waals surface area contributed by atoms with Gasteiger partial charge in [-0.25, -0.2) is 13.6 Å². The molecule has 0 radical (unpaired) electrons. The summed E-state index contributed by atoms with van der Waals surface area (Å²) < 4.78 is 22.6. The molecule has 0 saturated carbocycles. The maximum Gasteiger partial charge on any atom is 0.238 e. The zero-order valence-corrected chi connectivity index (χ0v) is 13.8. The highest BCUT2D eigenvalue weighted by Crippen LogP contribution is 2.27. The van der Waals surface area contributed by atoms with Gasteiger partial charge in [-0.2, -0.15) is 0 Å². The molecule has 120 valence electrons. The molecule has 1 amide bonds. The lowest BCUT2D eigenvalue weighted by Crippen LogP contribution is -2.41. The molecule has 0 fully saturated rings. The Labute approximate surface area is 131 Å². The number of anilines is 1. The molecular weight excluding hydrogens is 314 g/mol. The van der Waals surface area contributed by atoms with E-state index in [1.165, 1.54) is 18.2 Å². The van der Waals surface area contributed by atoms with Gasteiger partial charge < -0.3 is 11.1 Å². The number of primary sulfonamides is 1. The number of benzene rings is 1. The van der Waals surface area contributed by atoms with Crippen molar-refractivity contribution in [1.29, 1.82) is 0 Å². The van der Waals surface area contributed by atoms with Crippen LogP contribution < -0.4 is 16.2 Å². The number of sulfonamides is 1.